The summed E-state index contributed by atoms with van der Waals surface area (Å²) in [5.74, 6) is 1.90. The number of ether oxygens (including phenoxy) is 1. The molecular weight excluding hydrogens is 437 g/mol. The second-order valence-corrected chi connectivity index (χ2v) is 9.35. The summed E-state index contributed by atoms with van der Waals surface area (Å²) in [6.45, 7) is 0.946. The lowest BCUT2D eigenvalue weighted by Crippen LogP contribution is -2.30. The van der Waals surface area contributed by atoms with Crippen molar-refractivity contribution in [3.8, 4) is 5.88 Å². The number of aryl methyl sites for hydroxylation is 1. The zero-order valence-corrected chi connectivity index (χ0v) is 18.4. The maximum Gasteiger partial charge on any atom is 0.423 e. The molecule has 2 aromatic rings. The highest BCUT2D eigenvalue weighted by molar-refractivity contribution is 5.36. The number of alkyl halides is 3. The molecule has 2 aromatic heterocycles. The monoisotopic (exact) mass is 466 g/mol. The summed E-state index contributed by atoms with van der Waals surface area (Å²) in [7, 11) is 0. The highest BCUT2D eigenvalue weighted by Gasteiger charge is 2.38. The van der Waals surface area contributed by atoms with Crippen molar-refractivity contribution in [3.05, 3.63) is 23.4 Å². The second-order valence-electron chi connectivity index (χ2n) is 9.35. The number of halogens is 3. The van der Waals surface area contributed by atoms with Gasteiger partial charge in [0, 0.05) is 31.1 Å². The summed E-state index contributed by atoms with van der Waals surface area (Å²) in [6, 6.07) is 0.0157. The first-order valence-corrected chi connectivity index (χ1v) is 11.9. The Hall–Kier alpha value is -2.43. The Labute approximate surface area is 190 Å². The van der Waals surface area contributed by atoms with E-state index >= 15 is 0 Å². The molecule has 33 heavy (non-hydrogen) atoms. The lowest BCUT2D eigenvalue weighted by Gasteiger charge is -2.30. The number of rotatable bonds is 5. The fraction of sp³-hybridized carbons (Fsp3) is 0.727. The summed E-state index contributed by atoms with van der Waals surface area (Å²) >= 11 is 0. The van der Waals surface area contributed by atoms with E-state index in [1.807, 2.05) is 0 Å². The molecule has 0 spiro atoms. The van der Waals surface area contributed by atoms with Crippen molar-refractivity contribution >= 4 is 5.95 Å². The van der Waals surface area contributed by atoms with Gasteiger partial charge in [-0.3, -0.25) is 0 Å². The van der Waals surface area contributed by atoms with Crippen LogP contribution in [0.2, 0.25) is 0 Å². The normalized spacial score (nSPS) is 27.9. The first-order chi connectivity index (χ1) is 15.9. The molecule has 5 rings (SSSR count). The Morgan fingerprint density at radius 3 is 2.70 bits per heavy atom. The van der Waals surface area contributed by atoms with Crippen molar-refractivity contribution in [1.82, 2.24) is 24.7 Å². The fourth-order valence-electron chi connectivity index (χ4n) is 5.28. The Balaban J connectivity index is 1.32. The summed E-state index contributed by atoms with van der Waals surface area (Å²) in [6.07, 6.45) is 3.25. The van der Waals surface area contributed by atoms with Crippen LogP contribution >= 0.6 is 0 Å². The fourth-order valence-corrected chi connectivity index (χ4v) is 5.28. The molecule has 2 saturated carbocycles. The molecule has 3 aliphatic rings. The van der Waals surface area contributed by atoms with Gasteiger partial charge in [-0.2, -0.15) is 18.2 Å². The second kappa shape index (κ2) is 9.08. The van der Waals surface area contributed by atoms with Crippen molar-refractivity contribution in [2.24, 2.45) is 0 Å². The topological polar surface area (TPSA) is 98.0 Å². The lowest BCUT2D eigenvalue weighted by atomic mass is 9.85. The highest BCUT2D eigenvalue weighted by atomic mass is 19.4. The molecule has 3 heterocycles. The van der Waals surface area contributed by atoms with Crippen LogP contribution in [0.25, 0.3) is 0 Å². The molecule has 0 radical (unpaired) electrons. The van der Waals surface area contributed by atoms with E-state index in [2.05, 4.69) is 30.0 Å². The third kappa shape index (κ3) is 4.78. The van der Waals surface area contributed by atoms with Crippen molar-refractivity contribution in [1.29, 1.82) is 0 Å². The Morgan fingerprint density at radius 2 is 1.91 bits per heavy atom. The van der Waals surface area contributed by atoms with Gasteiger partial charge in [0.05, 0.1) is 6.10 Å². The van der Waals surface area contributed by atoms with Crippen LogP contribution in [-0.2, 0) is 19.1 Å². The summed E-state index contributed by atoms with van der Waals surface area (Å²) in [4.78, 5) is 8.01. The lowest BCUT2D eigenvalue weighted by molar-refractivity contribution is -0.140. The van der Waals surface area contributed by atoms with E-state index < -0.39 is 29.8 Å². The molecule has 4 atom stereocenters. The van der Waals surface area contributed by atoms with Crippen molar-refractivity contribution in [2.45, 2.75) is 101 Å². The van der Waals surface area contributed by atoms with Crippen LogP contribution in [0.1, 0.15) is 80.9 Å². The van der Waals surface area contributed by atoms with E-state index in [9.17, 15) is 18.3 Å². The Bertz CT molecular complexity index is 982. The predicted molar refractivity (Wildman–Crippen MR) is 113 cm³/mol. The average Bonchev–Trinajstić information content (AvgIpc) is 3.39. The molecule has 1 unspecified atom stereocenters. The average molecular weight is 467 g/mol. The van der Waals surface area contributed by atoms with Crippen LogP contribution < -0.4 is 10.1 Å². The van der Waals surface area contributed by atoms with E-state index in [0.717, 1.165) is 69.3 Å². The van der Waals surface area contributed by atoms with Crippen LogP contribution in [0.3, 0.4) is 0 Å². The van der Waals surface area contributed by atoms with Gasteiger partial charge in [-0.25, -0.2) is 4.98 Å². The molecule has 0 saturated heterocycles. The Morgan fingerprint density at radius 1 is 1.06 bits per heavy atom. The number of hydrogen-bond acceptors (Lipinski definition) is 7. The molecule has 11 heteroatoms. The minimum Gasteiger partial charge on any atom is -0.471 e. The highest BCUT2D eigenvalue weighted by Crippen LogP contribution is 2.38. The van der Waals surface area contributed by atoms with Gasteiger partial charge < -0.3 is 19.7 Å². The quantitative estimate of drug-likeness (QED) is 0.691. The van der Waals surface area contributed by atoms with Gasteiger partial charge in [0.15, 0.2) is 0 Å². The number of nitrogens with zero attached hydrogens (tertiary/aromatic N) is 5. The Kier molecular flexibility index (Phi) is 6.15. The van der Waals surface area contributed by atoms with Gasteiger partial charge in [0.2, 0.25) is 11.8 Å². The summed E-state index contributed by atoms with van der Waals surface area (Å²) < 4.78 is 48.3. The van der Waals surface area contributed by atoms with Gasteiger partial charge in [-0.05, 0) is 51.4 Å². The standard InChI is InChI=1S/C22H29F3N6O2/c23-22(24,25)15-12-26-21(28-20(15)33-17-8-4-7-16(17)32)27-14-6-3-5-13(11-14)19-30-29-18-9-1-2-10-31(18)19/h12-14,16-17,32H,1-11H2,(H,26,27,28)/t13-,14+,16?,17-/m0/s1. The summed E-state index contributed by atoms with van der Waals surface area (Å²) in [5.41, 5.74) is -1.02. The van der Waals surface area contributed by atoms with Crippen LogP contribution in [0.15, 0.2) is 6.20 Å². The van der Waals surface area contributed by atoms with Gasteiger partial charge >= 0.3 is 6.18 Å². The molecule has 1 aliphatic heterocycles. The first kappa shape index (κ1) is 22.4. The van der Waals surface area contributed by atoms with E-state index in [1.54, 1.807) is 0 Å². The zero-order chi connectivity index (χ0) is 23.0. The maximum absolute atomic E-state index is 13.5. The molecule has 2 aliphatic carbocycles. The van der Waals surface area contributed by atoms with Gasteiger partial charge in [0.25, 0.3) is 0 Å². The third-order valence-electron chi connectivity index (χ3n) is 7.00. The van der Waals surface area contributed by atoms with Gasteiger partial charge in [-0.15, -0.1) is 10.2 Å². The third-order valence-corrected chi connectivity index (χ3v) is 7.00. The van der Waals surface area contributed by atoms with E-state index in [1.165, 1.54) is 0 Å². The van der Waals surface area contributed by atoms with E-state index in [0.29, 0.717) is 19.3 Å². The number of aromatic nitrogens is 5. The zero-order valence-electron chi connectivity index (χ0n) is 18.4. The number of anilines is 1. The molecule has 0 bridgehead atoms. The maximum atomic E-state index is 13.5. The largest absolute Gasteiger partial charge is 0.471 e. The smallest absolute Gasteiger partial charge is 0.423 e. The van der Waals surface area contributed by atoms with Crippen molar-refractivity contribution in [2.75, 3.05) is 5.32 Å². The molecule has 0 amide bonds. The molecule has 2 N–H and O–H groups in total. The molecule has 2 fully saturated rings. The number of hydrogen-bond donors (Lipinski definition) is 2. The predicted octanol–water partition coefficient (Wildman–Crippen LogP) is 3.85. The van der Waals surface area contributed by atoms with Crippen LogP contribution in [0, 0.1) is 0 Å². The molecule has 8 nitrogen and oxygen atoms in total. The van der Waals surface area contributed by atoms with Gasteiger partial charge in [0.1, 0.15) is 23.3 Å². The van der Waals surface area contributed by atoms with Crippen molar-refractivity contribution in [3.63, 3.8) is 0 Å². The molecule has 0 aromatic carbocycles. The van der Waals surface area contributed by atoms with Crippen LogP contribution in [-0.4, -0.2) is 48.1 Å². The van der Waals surface area contributed by atoms with Crippen LogP contribution in [0.4, 0.5) is 19.1 Å². The molecular formula is C22H29F3N6O2. The van der Waals surface area contributed by atoms with Gasteiger partial charge in [-0.1, -0.05) is 6.42 Å². The minimum atomic E-state index is -4.64. The van der Waals surface area contributed by atoms with E-state index in [4.69, 9.17) is 4.74 Å². The minimum absolute atomic E-state index is 0.0157. The molecule has 180 valence electrons. The number of aliphatic hydroxyl groups excluding tert-OH is 1. The van der Waals surface area contributed by atoms with Crippen LogP contribution in [0.5, 0.6) is 5.88 Å². The number of fused-ring (bicyclic) bond motifs is 1. The first-order valence-electron chi connectivity index (χ1n) is 11.9. The number of aliphatic hydroxyl groups is 1. The SMILES string of the molecule is OC1CCC[C@@H]1Oc1nc(N[C@@H]2CCC[C@H](c3nnc4n3CCCC4)C2)ncc1C(F)(F)F. The number of nitrogens with one attached hydrogen (secondary N) is 1. The summed E-state index contributed by atoms with van der Waals surface area (Å²) in [5, 5.41) is 22.0. The van der Waals surface area contributed by atoms with Crippen molar-refractivity contribution < 1.29 is 23.0 Å². The van der Waals surface area contributed by atoms with E-state index in [-0.39, 0.29) is 17.9 Å².